The second kappa shape index (κ2) is 7.74. The molecule has 4 nitrogen and oxygen atoms in total. The first-order valence-electron chi connectivity index (χ1n) is 8.12. The van der Waals surface area contributed by atoms with E-state index in [1.807, 2.05) is 11.8 Å². The van der Waals surface area contributed by atoms with E-state index in [9.17, 15) is 13.6 Å². The van der Waals surface area contributed by atoms with Crippen molar-refractivity contribution in [2.75, 3.05) is 11.1 Å². The molecule has 1 aliphatic rings. The van der Waals surface area contributed by atoms with Gasteiger partial charge in [0.05, 0.1) is 11.9 Å². The molecule has 25 heavy (non-hydrogen) atoms. The van der Waals surface area contributed by atoms with Gasteiger partial charge in [0, 0.05) is 17.4 Å². The molecule has 8 heteroatoms. The molecule has 0 saturated heterocycles. The third-order valence-electron chi connectivity index (χ3n) is 4.23. The maximum absolute atomic E-state index is 13.9. The van der Waals surface area contributed by atoms with Gasteiger partial charge in [-0.05, 0) is 30.7 Å². The van der Waals surface area contributed by atoms with Gasteiger partial charge in [0.2, 0.25) is 0 Å². The standard InChI is InChI=1S/C17H18ClF2N3OS/c1-2-25-15-5-3-4-12(15)22-13-9-21-23(17(24)16(13)18)14-7-6-10(19)8-11(14)20/h6-9,12,15,22H,2-5H2,1H3. The number of nitrogens with zero attached hydrogens (tertiary/aromatic N) is 2. The smallest absolute Gasteiger partial charge is 0.292 e. The Bertz CT molecular complexity index is 830. The normalized spacial score (nSPS) is 20.0. The van der Waals surface area contributed by atoms with E-state index in [4.69, 9.17) is 11.6 Å². The van der Waals surface area contributed by atoms with Crippen LogP contribution >= 0.6 is 23.4 Å². The van der Waals surface area contributed by atoms with Crippen molar-refractivity contribution in [1.82, 2.24) is 9.78 Å². The summed E-state index contributed by atoms with van der Waals surface area (Å²) < 4.78 is 27.8. The molecule has 2 unspecified atom stereocenters. The van der Waals surface area contributed by atoms with Crippen LogP contribution in [-0.4, -0.2) is 26.8 Å². The van der Waals surface area contributed by atoms with Crippen molar-refractivity contribution in [3.05, 3.63) is 51.4 Å². The molecule has 0 bridgehead atoms. The molecule has 2 aromatic rings. The Kier molecular flexibility index (Phi) is 5.64. The molecule has 2 atom stereocenters. The summed E-state index contributed by atoms with van der Waals surface area (Å²) in [5.74, 6) is -0.568. The van der Waals surface area contributed by atoms with Crippen molar-refractivity contribution >= 4 is 29.1 Å². The number of nitrogens with one attached hydrogen (secondary N) is 1. The quantitative estimate of drug-likeness (QED) is 0.835. The first kappa shape index (κ1) is 18.2. The Hall–Kier alpha value is -1.60. The van der Waals surface area contributed by atoms with E-state index < -0.39 is 17.2 Å². The van der Waals surface area contributed by atoms with Gasteiger partial charge in [0.25, 0.3) is 5.56 Å². The van der Waals surface area contributed by atoms with Gasteiger partial charge >= 0.3 is 0 Å². The van der Waals surface area contributed by atoms with Gasteiger partial charge in [0.15, 0.2) is 5.82 Å². The molecule has 3 rings (SSSR count). The van der Waals surface area contributed by atoms with Crippen LogP contribution in [0.4, 0.5) is 14.5 Å². The van der Waals surface area contributed by atoms with Crippen LogP contribution in [0.1, 0.15) is 26.2 Å². The fourth-order valence-electron chi connectivity index (χ4n) is 3.06. The summed E-state index contributed by atoms with van der Waals surface area (Å²) in [5, 5.41) is 7.73. The van der Waals surface area contributed by atoms with Crippen molar-refractivity contribution < 1.29 is 8.78 Å². The maximum Gasteiger partial charge on any atom is 0.292 e. The van der Waals surface area contributed by atoms with Gasteiger partial charge in [0.1, 0.15) is 16.5 Å². The van der Waals surface area contributed by atoms with Crippen molar-refractivity contribution in [3.63, 3.8) is 0 Å². The Labute approximate surface area is 153 Å². The number of rotatable bonds is 5. The molecule has 1 heterocycles. The predicted molar refractivity (Wildman–Crippen MR) is 97.9 cm³/mol. The Morgan fingerprint density at radius 1 is 1.40 bits per heavy atom. The minimum absolute atomic E-state index is 0.0501. The fraction of sp³-hybridized carbons (Fsp3) is 0.412. The van der Waals surface area contributed by atoms with Gasteiger partial charge in [-0.15, -0.1) is 0 Å². The highest BCUT2D eigenvalue weighted by atomic mass is 35.5. The van der Waals surface area contributed by atoms with Crippen LogP contribution in [0.3, 0.4) is 0 Å². The van der Waals surface area contributed by atoms with Crippen molar-refractivity contribution in [2.24, 2.45) is 0 Å². The van der Waals surface area contributed by atoms with E-state index in [0.29, 0.717) is 17.0 Å². The molecule has 1 saturated carbocycles. The van der Waals surface area contributed by atoms with E-state index in [2.05, 4.69) is 17.3 Å². The van der Waals surface area contributed by atoms with E-state index in [-0.39, 0.29) is 16.8 Å². The highest BCUT2D eigenvalue weighted by Gasteiger charge is 2.28. The third-order valence-corrected chi connectivity index (χ3v) is 5.92. The number of halogens is 3. The zero-order chi connectivity index (χ0) is 18.0. The first-order valence-corrected chi connectivity index (χ1v) is 9.55. The summed E-state index contributed by atoms with van der Waals surface area (Å²) in [6.07, 6.45) is 4.67. The average molecular weight is 386 g/mol. The number of hydrogen-bond donors (Lipinski definition) is 1. The number of hydrogen-bond acceptors (Lipinski definition) is 4. The Balaban J connectivity index is 1.89. The number of aromatic nitrogens is 2. The minimum Gasteiger partial charge on any atom is -0.379 e. The minimum atomic E-state index is -0.874. The van der Waals surface area contributed by atoms with Crippen LogP contribution < -0.4 is 10.9 Å². The summed E-state index contributed by atoms with van der Waals surface area (Å²) >= 11 is 8.08. The number of thioether (sulfide) groups is 1. The molecule has 134 valence electrons. The van der Waals surface area contributed by atoms with Crippen LogP contribution in [0.5, 0.6) is 0 Å². The van der Waals surface area contributed by atoms with E-state index >= 15 is 0 Å². The summed E-state index contributed by atoms with van der Waals surface area (Å²) in [5.41, 5.74) is -0.339. The number of benzene rings is 1. The highest BCUT2D eigenvalue weighted by Crippen LogP contribution is 2.33. The van der Waals surface area contributed by atoms with Gasteiger partial charge < -0.3 is 5.32 Å². The second-order valence-electron chi connectivity index (χ2n) is 5.86. The lowest BCUT2D eigenvalue weighted by Crippen LogP contribution is -2.29. The van der Waals surface area contributed by atoms with Crippen LogP contribution in [0.15, 0.2) is 29.2 Å². The third kappa shape index (κ3) is 3.82. The lowest BCUT2D eigenvalue weighted by atomic mass is 10.2. The highest BCUT2D eigenvalue weighted by molar-refractivity contribution is 7.99. The van der Waals surface area contributed by atoms with Crippen LogP contribution in [0.2, 0.25) is 5.02 Å². The Morgan fingerprint density at radius 3 is 2.92 bits per heavy atom. The molecular formula is C17H18ClF2N3OS. The summed E-state index contributed by atoms with van der Waals surface area (Å²) in [7, 11) is 0. The zero-order valence-corrected chi connectivity index (χ0v) is 15.2. The lowest BCUT2D eigenvalue weighted by molar-refractivity contribution is 0.570. The summed E-state index contributed by atoms with van der Waals surface area (Å²) in [4.78, 5) is 12.5. The van der Waals surface area contributed by atoms with Gasteiger partial charge in [-0.2, -0.15) is 21.5 Å². The number of anilines is 1. The molecule has 1 aromatic carbocycles. The largest absolute Gasteiger partial charge is 0.379 e. The maximum atomic E-state index is 13.9. The zero-order valence-electron chi connectivity index (χ0n) is 13.6. The van der Waals surface area contributed by atoms with Crippen LogP contribution in [0, 0.1) is 11.6 Å². The van der Waals surface area contributed by atoms with E-state index in [1.165, 1.54) is 6.20 Å². The van der Waals surface area contributed by atoms with Crippen molar-refractivity contribution in [1.29, 1.82) is 0 Å². The summed E-state index contributed by atoms with van der Waals surface area (Å²) in [6.45, 7) is 2.12. The molecule has 0 spiro atoms. The van der Waals surface area contributed by atoms with Crippen molar-refractivity contribution in [3.8, 4) is 5.69 Å². The topological polar surface area (TPSA) is 46.9 Å². The van der Waals surface area contributed by atoms with Gasteiger partial charge in [-0.1, -0.05) is 24.9 Å². The molecule has 1 fully saturated rings. The summed E-state index contributed by atoms with van der Waals surface area (Å²) in [6, 6.07) is 3.15. The van der Waals surface area contributed by atoms with Gasteiger partial charge in [-0.3, -0.25) is 4.79 Å². The SMILES string of the molecule is CCSC1CCCC1Nc1cnn(-c2ccc(F)cc2F)c(=O)c1Cl. The Morgan fingerprint density at radius 2 is 2.20 bits per heavy atom. The predicted octanol–water partition coefficient (Wildman–Crippen LogP) is 4.25. The van der Waals surface area contributed by atoms with E-state index in [1.54, 1.807) is 0 Å². The average Bonchev–Trinajstić information content (AvgIpc) is 3.00. The van der Waals surface area contributed by atoms with Crippen molar-refractivity contribution in [2.45, 2.75) is 37.5 Å². The van der Waals surface area contributed by atoms with E-state index in [0.717, 1.165) is 41.8 Å². The second-order valence-corrected chi connectivity index (χ2v) is 7.75. The molecule has 0 amide bonds. The van der Waals surface area contributed by atoms with Crippen LogP contribution in [-0.2, 0) is 0 Å². The van der Waals surface area contributed by atoms with Crippen LogP contribution in [0.25, 0.3) is 5.69 Å². The molecular weight excluding hydrogens is 368 g/mol. The molecule has 0 aliphatic heterocycles. The fourth-order valence-corrected chi connectivity index (χ4v) is 4.44. The molecule has 0 radical (unpaired) electrons. The molecule has 1 aliphatic carbocycles. The monoisotopic (exact) mass is 385 g/mol. The first-order chi connectivity index (χ1) is 12.0. The lowest BCUT2D eigenvalue weighted by Gasteiger charge is -2.21. The molecule has 1 N–H and O–H groups in total. The molecule has 1 aromatic heterocycles. The van der Waals surface area contributed by atoms with Gasteiger partial charge in [-0.25, -0.2) is 8.78 Å².